The first-order valence-electron chi connectivity index (χ1n) is 5.94. The summed E-state index contributed by atoms with van der Waals surface area (Å²) in [6, 6.07) is 0. The smallest absolute Gasteiger partial charge is 0.347 e. The maximum atomic E-state index is 11.5. The van der Waals surface area contributed by atoms with Crippen LogP contribution in [-0.2, 0) is 38.1 Å². The number of ether oxygens (including phenoxy) is 4. The van der Waals surface area contributed by atoms with E-state index in [0.717, 1.165) is 14.2 Å². The Bertz CT molecular complexity index is 362. The van der Waals surface area contributed by atoms with Crippen LogP contribution in [0.4, 0.5) is 0 Å². The molecule has 0 fully saturated rings. The fraction of sp³-hybridized carbons (Fsp3) is 0.667. The Hall–Kier alpha value is -2.12. The van der Waals surface area contributed by atoms with Crippen LogP contribution >= 0.6 is 0 Å². The Morgan fingerprint density at radius 1 is 0.900 bits per heavy atom. The minimum absolute atomic E-state index is 0.168. The largest absolute Gasteiger partial charge is 0.469 e. The lowest BCUT2D eigenvalue weighted by atomic mass is 10.2. The number of carbonyl (C=O) groups excluding carboxylic acids is 4. The SMILES string of the molecule is CCOC(=O)CCC(=O)OC(CC(=O)OC)C(=O)OC. The van der Waals surface area contributed by atoms with Crippen LogP contribution in [0.15, 0.2) is 0 Å². The second-order valence-electron chi connectivity index (χ2n) is 3.59. The van der Waals surface area contributed by atoms with Crippen LogP contribution in [-0.4, -0.2) is 50.8 Å². The second-order valence-corrected chi connectivity index (χ2v) is 3.59. The third kappa shape index (κ3) is 7.34. The Kier molecular flexibility index (Phi) is 8.73. The molecule has 1 unspecified atom stereocenters. The van der Waals surface area contributed by atoms with Gasteiger partial charge in [0.05, 0.1) is 40.1 Å². The molecular weight excluding hydrogens is 272 g/mol. The summed E-state index contributed by atoms with van der Waals surface area (Å²) in [7, 11) is 2.23. The van der Waals surface area contributed by atoms with Crippen molar-refractivity contribution in [1.82, 2.24) is 0 Å². The van der Waals surface area contributed by atoms with Crippen molar-refractivity contribution in [3.63, 3.8) is 0 Å². The van der Waals surface area contributed by atoms with Gasteiger partial charge in [-0.25, -0.2) is 4.79 Å². The van der Waals surface area contributed by atoms with Crippen LogP contribution < -0.4 is 0 Å². The van der Waals surface area contributed by atoms with Crippen LogP contribution in [0.5, 0.6) is 0 Å². The third-order valence-corrected chi connectivity index (χ3v) is 2.16. The molecule has 0 aromatic heterocycles. The van der Waals surface area contributed by atoms with Gasteiger partial charge in [0.25, 0.3) is 0 Å². The Morgan fingerprint density at radius 3 is 2.00 bits per heavy atom. The van der Waals surface area contributed by atoms with E-state index < -0.39 is 36.4 Å². The molecule has 0 saturated heterocycles. The Morgan fingerprint density at radius 2 is 1.50 bits per heavy atom. The summed E-state index contributed by atoms with van der Waals surface area (Å²) in [5.74, 6) is -2.96. The highest BCUT2D eigenvalue weighted by atomic mass is 16.6. The zero-order valence-corrected chi connectivity index (χ0v) is 11.7. The summed E-state index contributed by atoms with van der Waals surface area (Å²) < 4.78 is 18.2. The van der Waals surface area contributed by atoms with Crippen LogP contribution in [0.3, 0.4) is 0 Å². The second kappa shape index (κ2) is 9.76. The summed E-state index contributed by atoms with van der Waals surface area (Å²) in [5, 5.41) is 0. The molecule has 0 aliphatic rings. The van der Waals surface area contributed by atoms with E-state index in [1.54, 1.807) is 6.92 Å². The number of carbonyl (C=O) groups is 4. The zero-order valence-electron chi connectivity index (χ0n) is 11.7. The molecule has 0 bridgehead atoms. The molecule has 0 aromatic carbocycles. The van der Waals surface area contributed by atoms with Gasteiger partial charge in [-0.15, -0.1) is 0 Å². The number of rotatable bonds is 8. The van der Waals surface area contributed by atoms with Crippen molar-refractivity contribution in [3.8, 4) is 0 Å². The van der Waals surface area contributed by atoms with Gasteiger partial charge in [-0.05, 0) is 6.92 Å². The summed E-state index contributed by atoms with van der Waals surface area (Å²) in [6.45, 7) is 1.85. The van der Waals surface area contributed by atoms with Gasteiger partial charge in [0.15, 0.2) is 0 Å². The number of hydrogen-bond acceptors (Lipinski definition) is 8. The minimum atomic E-state index is -1.39. The minimum Gasteiger partial charge on any atom is -0.469 e. The molecule has 0 radical (unpaired) electrons. The summed E-state index contributed by atoms with van der Waals surface area (Å²) in [5.41, 5.74) is 0. The van der Waals surface area contributed by atoms with Gasteiger partial charge >= 0.3 is 23.9 Å². The highest BCUT2D eigenvalue weighted by Crippen LogP contribution is 2.06. The van der Waals surface area contributed by atoms with Gasteiger partial charge in [0, 0.05) is 0 Å². The molecule has 1 atom stereocenters. The molecule has 8 heteroatoms. The number of esters is 4. The maximum absolute atomic E-state index is 11.5. The monoisotopic (exact) mass is 290 g/mol. The molecular formula is C12H18O8. The average molecular weight is 290 g/mol. The highest BCUT2D eigenvalue weighted by molar-refractivity contribution is 5.85. The third-order valence-electron chi connectivity index (χ3n) is 2.16. The van der Waals surface area contributed by atoms with E-state index in [2.05, 4.69) is 14.2 Å². The van der Waals surface area contributed by atoms with E-state index in [0.29, 0.717) is 0 Å². The van der Waals surface area contributed by atoms with E-state index in [-0.39, 0.29) is 19.4 Å². The summed E-state index contributed by atoms with van der Waals surface area (Å²) in [4.78, 5) is 44.9. The molecule has 0 aromatic rings. The zero-order chi connectivity index (χ0) is 15.5. The van der Waals surface area contributed by atoms with E-state index in [1.165, 1.54) is 0 Å². The van der Waals surface area contributed by atoms with Crippen molar-refractivity contribution in [2.24, 2.45) is 0 Å². The molecule has 0 spiro atoms. The van der Waals surface area contributed by atoms with Gasteiger partial charge < -0.3 is 18.9 Å². The van der Waals surface area contributed by atoms with E-state index in [4.69, 9.17) is 4.74 Å². The predicted octanol–water partition coefficient (Wildman–Crippen LogP) is -0.0224. The van der Waals surface area contributed by atoms with Crippen LogP contribution in [0.25, 0.3) is 0 Å². The van der Waals surface area contributed by atoms with Crippen LogP contribution in [0.1, 0.15) is 26.2 Å². The van der Waals surface area contributed by atoms with E-state index in [9.17, 15) is 19.2 Å². The van der Waals surface area contributed by atoms with Crippen molar-refractivity contribution in [3.05, 3.63) is 0 Å². The quantitative estimate of drug-likeness (QED) is 0.453. The standard InChI is InChI=1S/C12H18O8/c1-4-19-9(13)5-6-10(14)20-8(12(16)18-3)7-11(15)17-2/h8H,4-7H2,1-3H3. The molecule has 0 rings (SSSR count). The molecule has 0 aliphatic carbocycles. The predicted molar refractivity (Wildman–Crippen MR) is 64.4 cm³/mol. The first-order chi connectivity index (χ1) is 9.44. The number of hydrogen-bond donors (Lipinski definition) is 0. The fourth-order valence-electron chi connectivity index (χ4n) is 1.19. The van der Waals surface area contributed by atoms with Gasteiger partial charge in [-0.3, -0.25) is 14.4 Å². The highest BCUT2D eigenvalue weighted by Gasteiger charge is 2.27. The Labute approximate surface area is 116 Å². The lowest BCUT2D eigenvalue weighted by Crippen LogP contribution is -2.31. The molecule has 0 aliphatic heterocycles. The topological polar surface area (TPSA) is 105 Å². The van der Waals surface area contributed by atoms with Crippen molar-refractivity contribution < 1.29 is 38.1 Å². The molecule has 114 valence electrons. The van der Waals surface area contributed by atoms with Crippen LogP contribution in [0.2, 0.25) is 0 Å². The van der Waals surface area contributed by atoms with E-state index >= 15 is 0 Å². The lowest BCUT2D eigenvalue weighted by Gasteiger charge is -2.14. The molecule has 20 heavy (non-hydrogen) atoms. The van der Waals surface area contributed by atoms with Gasteiger partial charge in [-0.1, -0.05) is 0 Å². The molecule has 0 N–H and O–H groups in total. The molecule has 0 amide bonds. The summed E-state index contributed by atoms with van der Waals surface area (Å²) >= 11 is 0. The molecule has 0 heterocycles. The molecule has 8 nitrogen and oxygen atoms in total. The van der Waals surface area contributed by atoms with Gasteiger partial charge in [0.2, 0.25) is 6.10 Å². The van der Waals surface area contributed by atoms with Crippen LogP contribution in [0, 0.1) is 0 Å². The normalized spacial score (nSPS) is 11.2. The van der Waals surface area contributed by atoms with Crippen molar-refractivity contribution >= 4 is 23.9 Å². The first kappa shape index (κ1) is 17.9. The Balaban J connectivity index is 4.35. The molecule has 0 saturated carbocycles. The van der Waals surface area contributed by atoms with Gasteiger partial charge in [0.1, 0.15) is 0 Å². The fourth-order valence-corrected chi connectivity index (χ4v) is 1.19. The number of methoxy groups -OCH3 is 2. The first-order valence-corrected chi connectivity index (χ1v) is 5.94. The van der Waals surface area contributed by atoms with Crippen molar-refractivity contribution in [1.29, 1.82) is 0 Å². The maximum Gasteiger partial charge on any atom is 0.347 e. The van der Waals surface area contributed by atoms with E-state index in [1.807, 2.05) is 0 Å². The van der Waals surface area contributed by atoms with Gasteiger partial charge in [-0.2, -0.15) is 0 Å². The van der Waals surface area contributed by atoms with Crippen molar-refractivity contribution in [2.75, 3.05) is 20.8 Å². The average Bonchev–Trinajstić information content (AvgIpc) is 2.43. The lowest BCUT2D eigenvalue weighted by molar-refractivity contribution is -0.170. The summed E-state index contributed by atoms with van der Waals surface area (Å²) in [6.07, 6.45) is -2.26. The van der Waals surface area contributed by atoms with Crippen molar-refractivity contribution in [2.45, 2.75) is 32.3 Å².